The van der Waals surface area contributed by atoms with E-state index in [4.69, 9.17) is 0 Å². The van der Waals surface area contributed by atoms with Crippen molar-refractivity contribution in [1.82, 2.24) is 9.62 Å². The molecule has 0 aliphatic carbocycles. The molecular weight excluding hydrogens is 384 g/mol. The minimum absolute atomic E-state index is 0.0847. The average molecular weight is 417 g/mol. The lowest BCUT2D eigenvalue weighted by Crippen LogP contribution is -2.44. The van der Waals surface area contributed by atoms with Crippen LogP contribution in [0.5, 0.6) is 0 Å². The molecule has 0 unspecified atom stereocenters. The highest BCUT2D eigenvalue weighted by Gasteiger charge is 2.26. The van der Waals surface area contributed by atoms with Crippen molar-refractivity contribution >= 4 is 15.9 Å². The van der Waals surface area contributed by atoms with E-state index in [0.29, 0.717) is 0 Å². The van der Waals surface area contributed by atoms with Crippen LogP contribution in [0, 0.1) is 6.92 Å². The van der Waals surface area contributed by atoms with Crippen LogP contribution in [0.1, 0.15) is 43.9 Å². The SMILES string of the molecule is Cc1ccc(CN(CC(=O)N[C@@H](C)CC(C)(C)c2ccccc2)S(C)(=O)=O)cc1. The monoisotopic (exact) mass is 416 g/mol. The number of nitrogens with one attached hydrogen (secondary N) is 1. The minimum atomic E-state index is -3.51. The van der Waals surface area contributed by atoms with Crippen molar-refractivity contribution in [3.8, 4) is 0 Å². The lowest BCUT2D eigenvalue weighted by atomic mass is 9.79. The maximum atomic E-state index is 12.6. The van der Waals surface area contributed by atoms with E-state index >= 15 is 0 Å². The van der Waals surface area contributed by atoms with Gasteiger partial charge < -0.3 is 5.32 Å². The third-order valence-corrected chi connectivity index (χ3v) is 6.24. The first-order chi connectivity index (χ1) is 13.5. The van der Waals surface area contributed by atoms with Crippen LogP contribution >= 0.6 is 0 Å². The van der Waals surface area contributed by atoms with Gasteiger partial charge in [-0.1, -0.05) is 74.0 Å². The largest absolute Gasteiger partial charge is 0.352 e. The Balaban J connectivity index is 1.99. The summed E-state index contributed by atoms with van der Waals surface area (Å²) in [4.78, 5) is 12.6. The molecule has 0 bridgehead atoms. The number of rotatable bonds is 9. The molecule has 29 heavy (non-hydrogen) atoms. The molecule has 2 aromatic carbocycles. The molecule has 0 saturated heterocycles. The topological polar surface area (TPSA) is 66.5 Å². The first kappa shape index (κ1) is 23.1. The van der Waals surface area contributed by atoms with Gasteiger partial charge in [-0.2, -0.15) is 4.31 Å². The molecule has 0 spiro atoms. The van der Waals surface area contributed by atoms with E-state index in [1.54, 1.807) is 0 Å². The molecule has 158 valence electrons. The smallest absolute Gasteiger partial charge is 0.235 e. The highest BCUT2D eigenvalue weighted by Crippen LogP contribution is 2.28. The molecule has 1 amide bonds. The molecule has 0 aliphatic heterocycles. The van der Waals surface area contributed by atoms with Gasteiger partial charge in [0.25, 0.3) is 0 Å². The zero-order chi connectivity index (χ0) is 21.7. The zero-order valence-corrected chi connectivity index (χ0v) is 18.8. The normalized spacial score (nSPS) is 13.3. The number of aryl methyl sites for hydroxylation is 1. The molecule has 1 atom stereocenters. The van der Waals surface area contributed by atoms with Crippen molar-refractivity contribution in [3.63, 3.8) is 0 Å². The molecule has 2 aromatic rings. The Hall–Kier alpha value is -2.18. The second-order valence-electron chi connectivity index (χ2n) is 8.44. The summed E-state index contributed by atoms with van der Waals surface area (Å²) < 4.78 is 25.6. The van der Waals surface area contributed by atoms with Gasteiger partial charge in [-0.05, 0) is 36.8 Å². The van der Waals surface area contributed by atoms with Crippen molar-refractivity contribution in [2.24, 2.45) is 0 Å². The van der Waals surface area contributed by atoms with Gasteiger partial charge in [0.15, 0.2) is 0 Å². The average Bonchev–Trinajstić information content (AvgIpc) is 2.62. The highest BCUT2D eigenvalue weighted by molar-refractivity contribution is 7.88. The molecule has 0 fully saturated rings. The second-order valence-corrected chi connectivity index (χ2v) is 10.4. The molecule has 1 N–H and O–H groups in total. The first-order valence-electron chi connectivity index (χ1n) is 9.83. The van der Waals surface area contributed by atoms with E-state index in [9.17, 15) is 13.2 Å². The second kappa shape index (κ2) is 9.55. The van der Waals surface area contributed by atoms with Crippen LogP contribution in [-0.2, 0) is 26.8 Å². The number of hydrogen-bond acceptors (Lipinski definition) is 3. The fraction of sp³-hybridized carbons (Fsp3) is 0.435. The summed E-state index contributed by atoms with van der Waals surface area (Å²) in [6.07, 6.45) is 1.88. The van der Waals surface area contributed by atoms with Crippen LogP contribution in [-0.4, -0.2) is 37.5 Å². The number of amides is 1. The van der Waals surface area contributed by atoms with Crippen LogP contribution in [0.4, 0.5) is 0 Å². The lowest BCUT2D eigenvalue weighted by molar-refractivity contribution is -0.122. The Bertz CT molecular complexity index is 907. The predicted molar refractivity (Wildman–Crippen MR) is 118 cm³/mol. The molecule has 6 heteroatoms. The molecule has 2 rings (SSSR count). The van der Waals surface area contributed by atoms with Crippen molar-refractivity contribution in [2.75, 3.05) is 12.8 Å². The molecular formula is C23H32N2O3S. The van der Waals surface area contributed by atoms with Gasteiger partial charge >= 0.3 is 0 Å². The number of carbonyl (C=O) groups is 1. The van der Waals surface area contributed by atoms with Gasteiger partial charge in [-0.15, -0.1) is 0 Å². The van der Waals surface area contributed by atoms with Gasteiger partial charge in [0.2, 0.25) is 15.9 Å². The van der Waals surface area contributed by atoms with Crippen LogP contribution in [0.2, 0.25) is 0 Å². The molecule has 0 aliphatic rings. The predicted octanol–water partition coefficient (Wildman–Crippen LogP) is 3.63. The van der Waals surface area contributed by atoms with Gasteiger partial charge in [-0.25, -0.2) is 8.42 Å². The standard InChI is InChI=1S/C23H32N2O3S/c1-18-11-13-20(14-12-18)16-25(29(5,27)28)17-22(26)24-19(2)15-23(3,4)21-9-7-6-8-10-21/h6-14,19H,15-17H2,1-5H3,(H,24,26)/t19-/m0/s1. The van der Waals surface area contributed by atoms with E-state index in [2.05, 4.69) is 31.3 Å². The Kier molecular flexibility index (Phi) is 7.60. The molecule has 5 nitrogen and oxygen atoms in total. The number of hydrogen-bond donors (Lipinski definition) is 1. The van der Waals surface area contributed by atoms with Crippen molar-refractivity contribution in [3.05, 3.63) is 71.3 Å². The Labute approximate surface area is 175 Å². The van der Waals surface area contributed by atoms with E-state index in [-0.39, 0.29) is 30.5 Å². The lowest BCUT2D eigenvalue weighted by Gasteiger charge is -2.29. The van der Waals surface area contributed by atoms with Crippen molar-refractivity contribution in [1.29, 1.82) is 0 Å². The van der Waals surface area contributed by atoms with E-state index < -0.39 is 10.0 Å². The van der Waals surface area contributed by atoms with E-state index in [0.717, 1.165) is 23.8 Å². The Morgan fingerprint density at radius 3 is 2.21 bits per heavy atom. The summed E-state index contributed by atoms with van der Waals surface area (Å²) in [7, 11) is -3.51. The van der Waals surface area contributed by atoms with Crippen LogP contribution in [0.15, 0.2) is 54.6 Å². The quantitative estimate of drug-likeness (QED) is 0.679. The van der Waals surface area contributed by atoms with Crippen LogP contribution < -0.4 is 5.32 Å². The number of sulfonamides is 1. The fourth-order valence-electron chi connectivity index (χ4n) is 3.49. The molecule has 0 heterocycles. The first-order valence-corrected chi connectivity index (χ1v) is 11.7. The highest BCUT2D eigenvalue weighted by atomic mass is 32.2. The van der Waals surface area contributed by atoms with Gasteiger partial charge in [0.05, 0.1) is 12.8 Å². The van der Waals surface area contributed by atoms with E-state index in [1.165, 1.54) is 9.87 Å². The Morgan fingerprint density at radius 2 is 1.66 bits per heavy atom. The molecule has 0 aromatic heterocycles. The molecule has 0 saturated carbocycles. The van der Waals surface area contributed by atoms with Gasteiger partial charge in [0, 0.05) is 12.6 Å². The third kappa shape index (κ3) is 7.29. The summed E-state index contributed by atoms with van der Waals surface area (Å²) in [5.41, 5.74) is 3.06. The van der Waals surface area contributed by atoms with Crippen LogP contribution in [0.25, 0.3) is 0 Å². The fourth-order valence-corrected chi connectivity index (χ4v) is 4.23. The number of benzene rings is 2. The summed E-state index contributed by atoms with van der Waals surface area (Å²) in [6, 6.07) is 17.7. The minimum Gasteiger partial charge on any atom is -0.352 e. The maximum Gasteiger partial charge on any atom is 0.235 e. The zero-order valence-electron chi connectivity index (χ0n) is 18.0. The van der Waals surface area contributed by atoms with Gasteiger partial charge in [-0.3, -0.25) is 4.79 Å². The van der Waals surface area contributed by atoms with Crippen molar-refractivity contribution < 1.29 is 13.2 Å². The number of nitrogens with zero attached hydrogens (tertiary/aromatic N) is 1. The number of carbonyl (C=O) groups excluding carboxylic acids is 1. The molecule has 0 radical (unpaired) electrons. The van der Waals surface area contributed by atoms with Crippen LogP contribution in [0.3, 0.4) is 0 Å². The van der Waals surface area contributed by atoms with Gasteiger partial charge in [0.1, 0.15) is 0 Å². The summed E-state index contributed by atoms with van der Waals surface area (Å²) >= 11 is 0. The maximum absolute atomic E-state index is 12.6. The Morgan fingerprint density at radius 1 is 1.07 bits per heavy atom. The van der Waals surface area contributed by atoms with E-state index in [1.807, 2.05) is 56.3 Å². The summed E-state index contributed by atoms with van der Waals surface area (Å²) in [6.45, 7) is 8.20. The summed E-state index contributed by atoms with van der Waals surface area (Å²) in [5.74, 6) is -0.293. The summed E-state index contributed by atoms with van der Waals surface area (Å²) in [5, 5.41) is 2.96. The third-order valence-electron chi connectivity index (χ3n) is 5.05. The van der Waals surface area contributed by atoms with Crippen molar-refractivity contribution in [2.45, 2.75) is 52.1 Å².